The molecule has 0 aliphatic carbocycles. The minimum absolute atomic E-state index is 0.202. The molecule has 1 amide bonds. The molecular weight excluding hydrogens is 358 g/mol. The summed E-state index contributed by atoms with van der Waals surface area (Å²) in [6.07, 6.45) is 0.239. The third-order valence-electron chi connectivity index (χ3n) is 3.65. The Morgan fingerprint density at radius 2 is 2.20 bits per heavy atom. The van der Waals surface area contributed by atoms with Crippen molar-refractivity contribution >= 4 is 39.2 Å². The largest absolute Gasteiger partial charge is 0.496 e. The van der Waals surface area contributed by atoms with Crippen LogP contribution in [0.2, 0.25) is 0 Å². The number of rotatable bonds is 6. The number of carbonyl (C=O) groups is 1. The van der Waals surface area contributed by atoms with Crippen LogP contribution in [-0.4, -0.2) is 28.7 Å². The fourth-order valence-corrected chi connectivity index (χ4v) is 4.29. The third-order valence-corrected chi connectivity index (χ3v) is 5.40. The fraction of sp³-hybridized carbons (Fsp3) is 0.235. The average Bonchev–Trinajstić information content (AvgIpc) is 2.99. The number of amides is 1. The summed E-state index contributed by atoms with van der Waals surface area (Å²) < 4.78 is 5.44. The highest BCUT2D eigenvalue weighted by Crippen LogP contribution is 2.37. The second-order valence-electron chi connectivity index (χ2n) is 5.47. The number of aromatic amines is 1. The minimum atomic E-state index is -0.374. The van der Waals surface area contributed by atoms with Crippen LogP contribution in [0.4, 0.5) is 0 Å². The monoisotopic (exact) mass is 375 g/mol. The molecule has 2 heterocycles. The van der Waals surface area contributed by atoms with E-state index < -0.39 is 0 Å². The van der Waals surface area contributed by atoms with Gasteiger partial charge in [0.15, 0.2) is 5.16 Å². The second-order valence-corrected chi connectivity index (χ2v) is 7.41. The van der Waals surface area contributed by atoms with Crippen molar-refractivity contribution in [3.8, 4) is 16.9 Å². The number of benzene rings is 1. The van der Waals surface area contributed by atoms with Gasteiger partial charge < -0.3 is 15.5 Å². The molecule has 3 rings (SSSR count). The zero-order valence-corrected chi connectivity index (χ0v) is 15.4. The Balaban J connectivity index is 2.04. The summed E-state index contributed by atoms with van der Waals surface area (Å²) in [6, 6.07) is 5.85. The first-order valence-electron chi connectivity index (χ1n) is 7.57. The molecule has 0 atom stereocenters. The van der Waals surface area contributed by atoms with Crippen LogP contribution in [0.1, 0.15) is 12.0 Å². The Kier molecular flexibility index (Phi) is 5.10. The Labute approximate surface area is 152 Å². The molecule has 3 aromatic rings. The Bertz CT molecular complexity index is 994. The number of aromatic nitrogens is 2. The quantitative estimate of drug-likeness (QED) is 0.510. The second kappa shape index (κ2) is 7.28. The molecule has 0 radical (unpaired) electrons. The van der Waals surface area contributed by atoms with E-state index in [2.05, 4.69) is 9.97 Å². The number of aryl methyl sites for hydroxylation is 1. The van der Waals surface area contributed by atoms with Gasteiger partial charge in [-0.25, -0.2) is 4.98 Å². The summed E-state index contributed by atoms with van der Waals surface area (Å²) >= 11 is 2.72. The highest BCUT2D eigenvalue weighted by molar-refractivity contribution is 7.99. The van der Waals surface area contributed by atoms with E-state index in [1.165, 1.54) is 23.1 Å². The van der Waals surface area contributed by atoms with Crippen molar-refractivity contribution in [2.75, 3.05) is 12.9 Å². The maximum absolute atomic E-state index is 12.6. The highest BCUT2D eigenvalue weighted by Gasteiger charge is 2.16. The third kappa shape index (κ3) is 3.69. The predicted molar refractivity (Wildman–Crippen MR) is 102 cm³/mol. The van der Waals surface area contributed by atoms with Gasteiger partial charge in [0, 0.05) is 28.7 Å². The first-order valence-corrected chi connectivity index (χ1v) is 9.43. The lowest BCUT2D eigenvalue weighted by Crippen LogP contribution is -2.12. The number of nitrogens with one attached hydrogen (secondary N) is 1. The lowest BCUT2D eigenvalue weighted by molar-refractivity contribution is -0.117. The van der Waals surface area contributed by atoms with Gasteiger partial charge in [0.25, 0.3) is 5.56 Å². The maximum Gasteiger partial charge on any atom is 0.260 e. The molecule has 0 unspecified atom stereocenters. The van der Waals surface area contributed by atoms with Crippen LogP contribution in [-0.2, 0) is 4.79 Å². The molecule has 0 aliphatic rings. The van der Waals surface area contributed by atoms with Crippen LogP contribution in [0, 0.1) is 6.92 Å². The molecule has 1 aromatic carbocycles. The van der Waals surface area contributed by atoms with Crippen molar-refractivity contribution < 1.29 is 9.53 Å². The zero-order valence-electron chi connectivity index (χ0n) is 13.8. The van der Waals surface area contributed by atoms with Crippen LogP contribution in [0.3, 0.4) is 0 Å². The van der Waals surface area contributed by atoms with E-state index in [0.717, 1.165) is 16.7 Å². The molecule has 130 valence electrons. The van der Waals surface area contributed by atoms with Crippen molar-refractivity contribution in [2.24, 2.45) is 5.73 Å². The van der Waals surface area contributed by atoms with E-state index in [1.807, 2.05) is 30.5 Å². The predicted octanol–water partition coefficient (Wildman–Crippen LogP) is 2.94. The molecule has 6 nitrogen and oxygen atoms in total. The Hall–Kier alpha value is -2.32. The van der Waals surface area contributed by atoms with Gasteiger partial charge in [-0.1, -0.05) is 23.4 Å². The van der Waals surface area contributed by atoms with Crippen LogP contribution >= 0.6 is 23.1 Å². The summed E-state index contributed by atoms with van der Waals surface area (Å²) in [7, 11) is 1.61. The number of methoxy groups -OCH3 is 1. The smallest absolute Gasteiger partial charge is 0.260 e. The topological polar surface area (TPSA) is 98.1 Å². The van der Waals surface area contributed by atoms with Gasteiger partial charge in [0.05, 0.1) is 12.5 Å². The number of ether oxygens (including phenoxy) is 1. The van der Waals surface area contributed by atoms with E-state index in [4.69, 9.17) is 10.5 Å². The molecule has 0 spiro atoms. The Morgan fingerprint density at radius 3 is 2.92 bits per heavy atom. The standard InChI is InChI=1S/C17H17N3O3S2/c1-9-3-4-12(23-2)10(7-9)11-8-25-16-14(11)15(22)19-17(20-16)24-6-5-13(18)21/h3-4,7-8H,5-6H2,1-2H3,(H2,18,21)(H,19,20,22). The average molecular weight is 375 g/mol. The van der Waals surface area contributed by atoms with Crippen LogP contribution in [0.15, 0.2) is 33.5 Å². The number of H-pyrrole nitrogens is 1. The molecule has 8 heteroatoms. The summed E-state index contributed by atoms with van der Waals surface area (Å²) in [5, 5.41) is 2.96. The minimum Gasteiger partial charge on any atom is -0.496 e. The van der Waals surface area contributed by atoms with Crippen LogP contribution in [0.5, 0.6) is 5.75 Å². The number of hydrogen-bond acceptors (Lipinski definition) is 6. The first-order chi connectivity index (χ1) is 12.0. The first kappa shape index (κ1) is 17.5. The van der Waals surface area contributed by atoms with E-state index in [0.29, 0.717) is 26.9 Å². The number of nitrogens with two attached hydrogens (primary N) is 1. The number of hydrogen-bond donors (Lipinski definition) is 2. The number of thioether (sulfide) groups is 1. The van der Waals surface area contributed by atoms with Gasteiger partial charge >= 0.3 is 0 Å². The lowest BCUT2D eigenvalue weighted by Gasteiger charge is -2.08. The maximum atomic E-state index is 12.6. The molecule has 0 aliphatic heterocycles. The molecule has 2 aromatic heterocycles. The Morgan fingerprint density at radius 1 is 1.40 bits per heavy atom. The van der Waals surface area contributed by atoms with E-state index in [1.54, 1.807) is 7.11 Å². The van der Waals surface area contributed by atoms with Gasteiger partial charge in [-0.3, -0.25) is 9.59 Å². The molecule has 3 N–H and O–H groups in total. The number of primary amides is 1. The van der Waals surface area contributed by atoms with Crippen molar-refractivity contribution in [2.45, 2.75) is 18.5 Å². The van der Waals surface area contributed by atoms with Gasteiger partial charge in [0.2, 0.25) is 5.91 Å². The van der Waals surface area contributed by atoms with E-state index in [-0.39, 0.29) is 17.9 Å². The SMILES string of the molecule is COc1ccc(C)cc1-c1csc2nc(SCCC(N)=O)[nH]c(=O)c12. The van der Waals surface area contributed by atoms with E-state index in [9.17, 15) is 9.59 Å². The normalized spacial score (nSPS) is 11.0. The number of carbonyl (C=O) groups excluding carboxylic acids is 1. The van der Waals surface area contributed by atoms with Crippen molar-refractivity contribution in [3.63, 3.8) is 0 Å². The van der Waals surface area contributed by atoms with Crippen LogP contribution in [0.25, 0.3) is 21.3 Å². The summed E-state index contributed by atoms with van der Waals surface area (Å²) in [6.45, 7) is 1.99. The molecule has 0 fully saturated rings. The molecular formula is C17H17N3O3S2. The number of nitrogens with zero attached hydrogens (tertiary/aromatic N) is 1. The van der Waals surface area contributed by atoms with Gasteiger partial charge in [-0.05, 0) is 19.1 Å². The fourth-order valence-electron chi connectivity index (χ4n) is 2.48. The lowest BCUT2D eigenvalue weighted by atomic mass is 10.0. The number of fused-ring (bicyclic) bond motifs is 1. The summed E-state index contributed by atoms with van der Waals surface area (Å²) in [5.74, 6) is 0.818. The van der Waals surface area contributed by atoms with Crippen LogP contribution < -0.4 is 16.0 Å². The molecule has 25 heavy (non-hydrogen) atoms. The van der Waals surface area contributed by atoms with Gasteiger partial charge in [0.1, 0.15) is 10.6 Å². The molecule has 0 saturated heterocycles. The van der Waals surface area contributed by atoms with Crippen molar-refractivity contribution in [1.29, 1.82) is 0 Å². The summed E-state index contributed by atoms with van der Waals surface area (Å²) in [5.41, 5.74) is 7.69. The zero-order chi connectivity index (χ0) is 18.0. The van der Waals surface area contributed by atoms with Gasteiger partial charge in [-0.15, -0.1) is 11.3 Å². The molecule has 0 bridgehead atoms. The number of thiophene rings is 1. The summed E-state index contributed by atoms with van der Waals surface area (Å²) in [4.78, 5) is 31.4. The van der Waals surface area contributed by atoms with Crippen molar-refractivity contribution in [1.82, 2.24) is 9.97 Å². The van der Waals surface area contributed by atoms with Crippen molar-refractivity contribution in [3.05, 3.63) is 39.5 Å². The molecule has 0 saturated carbocycles. The highest BCUT2D eigenvalue weighted by atomic mass is 32.2. The van der Waals surface area contributed by atoms with Gasteiger partial charge in [-0.2, -0.15) is 0 Å². The van der Waals surface area contributed by atoms with E-state index >= 15 is 0 Å².